The van der Waals surface area contributed by atoms with Crippen molar-refractivity contribution in [1.29, 1.82) is 0 Å². The van der Waals surface area contributed by atoms with Crippen molar-refractivity contribution in [3.8, 4) is 0 Å². The summed E-state index contributed by atoms with van der Waals surface area (Å²) in [5, 5.41) is 4.19. The molecule has 0 spiro atoms. The molecule has 0 saturated carbocycles. The second kappa shape index (κ2) is 5.97. The number of hydrogen-bond acceptors (Lipinski definition) is 3. The number of fused-ring (bicyclic) bond motifs is 1. The van der Waals surface area contributed by atoms with E-state index in [1.54, 1.807) is 6.20 Å². The second-order valence-electron chi connectivity index (χ2n) is 4.95. The maximum Gasteiger partial charge on any atom is 0.126 e. The quantitative estimate of drug-likeness (QED) is 0.869. The zero-order chi connectivity index (χ0) is 13.8. The molecule has 1 heterocycles. The number of benzene rings is 1. The van der Waals surface area contributed by atoms with Crippen LogP contribution in [0.15, 0.2) is 24.4 Å². The molecular formula is C15H20FN3. The Bertz CT molecular complexity index is 569. The number of halogens is 1. The van der Waals surface area contributed by atoms with Crippen LogP contribution in [0.5, 0.6) is 0 Å². The first-order chi connectivity index (χ1) is 9.11. The molecule has 2 aromatic rings. The highest BCUT2D eigenvalue weighted by molar-refractivity contribution is 5.92. The van der Waals surface area contributed by atoms with Crippen molar-refractivity contribution in [2.24, 2.45) is 5.73 Å². The van der Waals surface area contributed by atoms with Gasteiger partial charge in [-0.25, -0.2) is 4.39 Å². The fourth-order valence-electron chi connectivity index (χ4n) is 2.22. The highest BCUT2D eigenvalue weighted by Gasteiger charge is 2.09. The molecule has 0 bridgehead atoms. The largest absolute Gasteiger partial charge is 0.381 e. The molecule has 0 aliphatic carbocycles. The average molecular weight is 261 g/mol. The van der Waals surface area contributed by atoms with Gasteiger partial charge in [0.1, 0.15) is 5.82 Å². The molecule has 0 saturated heterocycles. The van der Waals surface area contributed by atoms with Crippen LogP contribution in [-0.4, -0.2) is 17.6 Å². The van der Waals surface area contributed by atoms with Gasteiger partial charge in [0.05, 0.1) is 11.2 Å². The van der Waals surface area contributed by atoms with E-state index >= 15 is 0 Å². The molecule has 0 amide bonds. The van der Waals surface area contributed by atoms with Crippen LogP contribution in [0.1, 0.15) is 25.3 Å². The molecule has 102 valence electrons. The minimum absolute atomic E-state index is 0.239. The van der Waals surface area contributed by atoms with Crippen molar-refractivity contribution < 1.29 is 4.39 Å². The molecule has 1 atom stereocenters. The fourth-order valence-corrected chi connectivity index (χ4v) is 2.22. The summed E-state index contributed by atoms with van der Waals surface area (Å²) in [7, 11) is 0. The van der Waals surface area contributed by atoms with Gasteiger partial charge in [0.25, 0.3) is 0 Å². The maximum atomic E-state index is 13.7. The van der Waals surface area contributed by atoms with Crippen molar-refractivity contribution in [3.05, 3.63) is 35.8 Å². The third kappa shape index (κ3) is 3.20. The number of anilines is 1. The Hall–Kier alpha value is -1.68. The number of nitrogens with zero attached hydrogens (tertiary/aromatic N) is 1. The predicted octanol–water partition coefficient (Wildman–Crippen LogP) is 3.22. The van der Waals surface area contributed by atoms with E-state index < -0.39 is 0 Å². The lowest BCUT2D eigenvalue weighted by Crippen LogP contribution is -2.17. The van der Waals surface area contributed by atoms with Crippen molar-refractivity contribution in [1.82, 2.24) is 4.98 Å². The Morgan fingerprint density at radius 3 is 2.95 bits per heavy atom. The van der Waals surface area contributed by atoms with E-state index in [4.69, 9.17) is 5.73 Å². The maximum absolute atomic E-state index is 13.7. The topological polar surface area (TPSA) is 50.9 Å². The van der Waals surface area contributed by atoms with Crippen LogP contribution in [0.2, 0.25) is 0 Å². The highest BCUT2D eigenvalue weighted by Crippen LogP contribution is 2.26. The van der Waals surface area contributed by atoms with E-state index in [1.165, 1.54) is 12.1 Å². The molecule has 0 aliphatic heterocycles. The first kappa shape index (κ1) is 13.7. The van der Waals surface area contributed by atoms with E-state index in [1.807, 2.05) is 13.0 Å². The number of aromatic nitrogens is 1. The van der Waals surface area contributed by atoms with Gasteiger partial charge in [0.15, 0.2) is 0 Å². The number of nitrogens with one attached hydrogen (secondary N) is 1. The van der Waals surface area contributed by atoms with Gasteiger partial charge in [0.2, 0.25) is 0 Å². The Morgan fingerprint density at radius 1 is 1.42 bits per heavy atom. The van der Waals surface area contributed by atoms with Gasteiger partial charge >= 0.3 is 0 Å². The average Bonchev–Trinajstić information content (AvgIpc) is 2.37. The van der Waals surface area contributed by atoms with Gasteiger partial charge in [-0.15, -0.1) is 0 Å². The summed E-state index contributed by atoms with van der Waals surface area (Å²) in [6, 6.07) is 5.18. The molecule has 19 heavy (non-hydrogen) atoms. The normalized spacial score (nSPS) is 12.6. The monoisotopic (exact) mass is 261 g/mol. The first-order valence-corrected chi connectivity index (χ1v) is 6.63. The Labute approximate surface area is 113 Å². The highest BCUT2D eigenvalue weighted by atomic mass is 19.1. The minimum Gasteiger partial charge on any atom is -0.381 e. The molecule has 2 rings (SSSR count). The third-order valence-electron chi connectivity index (χ3n) is 3.27. The van der Waals surface area contributed by atoms with Crippen LogP contribution in [0.4, 0.5) is 10.1 Å². The van der Waals surface area contributed by atoms with Crippen molar-refractivity contribution in [2.75, 3.05) is 11.9 Å². The standard InChI is InChI=1S/C15H20FN3/c1-10-5-7-18-15-13(10)8-12(16)9-14(15)19-11(2)4-3-6-17/h5,7-9,11,19H,3-4,6,17H2,1-2H3. The summed E-state index contributed by atoms with van der Waals surface area (Å²) in [6.07, 6.45) is 3.67. The summed E-state index contributed by atoms with van der Waals surface area (Å²) in [5.74, 6) is -0.239. The van der Waals surface area contributed by atoms with Crippen LogP contribution in [0.3, 0.4) is 0 Å². The zero-order valence-electron chi connectivity index (χ0n) is 11.4. The van der Waals surface area contributed by atoms with Gasteiger partial charge < -0.3 is 11.1 Å². The van der Waals surface area contributed by atoms with Gasteiger partial charge in [-0.2, -0.15) is 0 Å². The summed E-state index contributed by atoms with van der Waals surface area (Å²) in [5.41, 5.74) is 8.11. The third-order valence-corrected chi connectivity index (χ3v) is 3.27. The van der Waals surface area contributed by atoms with Crippen LogP contribution in [0, 0.1) is 12.7 Å². The predicted molar refractivity (Wildman–Crippen MR) is 77.8 cm³/mol. The van der Waals surface area contributed by atoms with Gasteiger partial charge in [-0.05, 0) is 57.0 Å². The summed E-state index contributed by atoms with van der Waals surface area (Å²) < 4.78 is 13.7. The number of hydrogen-bond donors (Lipinski definition) is 2. The van der Waals surface area contributed by atoms with Crippen LogP contribution >= 0.6 is 0 Å². The molecule has 4 heteroatoms. The van der Waals surface area contributed by atoms with E-state index in [-0.39, 0.29) is 11.9 Å². The molecule has 3 nitrogen and oxygen atoms in total. The lowest BCUT2D eigenvalue weighted by Gasteiger charge is -2.16. The van der Waals surface area contributed by atoms with E-state index in [9.17, 15) is 4.39 Å². The van der Waals surface area contributed by atoms with E-state index in [2.05, 4.69) is 17.2 Å². The van der Waals surface area contributed by atoms with Crippen LogP contribution in [0.25, 0.3) is 10.9 Å². The minimum atomic E-state index is -0.239. The molecule has 1 aromatic heterocycles. The van der Waals surface area contributed by atoms with Gasteiger partial charge in [-0.1, -0.05) is 0 Å². The number of rotatable bonds is 5. The van der Waals surface area contributed by atoms with E-state index in [0.29, 0.717) is 6.54 Å². The smallest absolute Gasteiger partial charge is 0.126 e. The van der Waals surface area contributed by atoms with Crippen LogP contribution < -0.4 is 11.1 Å². The van der Waals surface area contributed by atoms with Gasteiger partial charge in [-0.3, -0.25) is 4.98 Å². The molecule has 3 N–H and O–H groups in total. The Balaban J connectivity index is 2.34. The number of nitrogens with two attached hydrogens (primary N) is 1. The number of aryl methyl sites for hydroxylation is 1. The van der Waals surface area contributed by atoms with Gasteiger partial charge in [0, 0.05) is 17.6 Å². The molecule has 1 unspecified atom stereocenters. The molecular weight excluding hydrogens is 241 g/mol. The number of pyridine rings is 1. The fraction of sp³-hybridized carbons (Fsp3) is 0.400. The van der Waals surface area contributed by atoms with E-state index in [0.717, 1.165) is 35.0 Å². The van der Waals surface area contributed by atoms with Crippen molar-refractivity contribution >= 4 is 16.6 Å². The zero-order valence-corrected chi connectivity index (χ0v) is 11.4. The molecule has 0 fully saturated rings. The van der Waals surface area contributed by atoms with Crippen LogP contribution in [-0.2, 0) is 0 Å². The molecule has 0 radical (unpaired) electrons. The lowest BCUT2D eigenvalue weighted by atomic mass is 10.1. The lowest BCUT2D eigenvalue weighted by molar-refractivity contribution is 0.627. The summed E-state index contributed by atoms with van der Waals surface area (Å²) in [4.78, 5) is 4.36. The van der Waals surface area contributed by atoms with Crippen molar-refractivity contribution in [2.45, 2.75) is 32.7 Å². The summed E-state index contributed by atoms with van der Waals surface area (Å²) >= 11 is 0. The molecule has 1 aromatic carbocycles. The van der Waals surface area contributed by atoms with Crippen molar-refractivity contribution in [3.63, 3.8) is 0 Å². The second-order valence-corrected chi connectivity index (χ2v) is 4.95. The molecule has 0 aliphatic rings. The SMILES string of the molecule is Cc1ccnc2c(NC(C)CCCN)cc(F)cc12. The Morgan fingerprint density at radius 2 is 2.21 bits per heavy atom. The summed E-state index contributed by atoms with van der Waals surface area (Å²) in [6.45, 7) is 4.71. The first-order valence-electron chi connectivity index (χ1n) is 6.63. The Kier molecular flexibility index (Phi) is 4.32.